The van der Waals surface area contributed by atoms with E-state index in [4.69, 9.17) is 23.2 Å². The zero-order chi connectivity index (χ0) is 17.9. The number of carbonyl (C=O) groups excluding carboxylic acids is 1. The summed E-state index contributed by atoms with van der Waals surface area (Å²) < 4.78 is 27.6. The highest BCUT2D eigenvalue weighted by atomic mass is 35.5. The molecule has 0 aliphatic carbocycles. The molecule has 0 aliphatic rings. The minimum Gasteiger partial charge on any atom is -0.301 e. The van der Waals surface area contributed by atoms with Crippen molar-refractivity contribution >= 4 is 55.6 Å². The maximum atomic E-state index is 12.6. The number of nitrogens with one attached hydrogen (secondary N) is 2. The number of hydrogen-bond acceptors (Lipinski definition) is 5. The molecular weight excluding hydrogens is 393 g/mol. The molecule has 2 aromatic rings. The Hall–Kier alpha value is -1.19. The fourth-order valence-corrected chi connectivity index (χ4v) is 4.95. The maximum absolute atomic E-state index is 12.6. The topological polar surface area (TPSA) is 88.2 Å². The summed E-state index contributed by atoms with van der Waals surface area (Å²) in [6, 6.07) is 3.37. The van der Waals surface area contributed by atoms with Crippen molar-refractivity contribution < 1.29 is 13.2 Å². The first-order valence-corrected chi connectivity index (χ1v) is 10.0. The SMILES string of the molecule is CC(C)C(NS(=O)(=O)c1c(Cl)cccc1Cl)C(=O)Nc1nccs1. The average Bonchev–Trinajstić information content (AvgIpc) is 2.96. The maximum Gasteiger partial charge on any atom is 0.244 e. The van der Waals surface area contributed by atoms with Crippen LogP contribution < -0.4 is 10.0 Å². The van der Waals surface area contributed by atoms with Crippen molar-refractivity contribution in [3.63, 3.8) is 0 Å². The molecule has 1 amide bonds. The first-order chi connectivity index (χ1) is 11.2. The fraction of sp³-hybridized carbons (Fsp3) is 0.286. The van der Waals surface area contributed by atoms with Gasteiger partial charge in [-0.25, -0.2) is 13.4 Å². The van der Waals surface area contributed by atoms with E-state index in [1.54, 1.807) is 31.5 Å². The second-order valence-corrected chi connectivity index (χ2v) is 8.58. The summed E-state index contributed by atoms with van der Waals surface area (Å²) in [5, 5.41) is 4.64. The molecule has 0 saturated carbocycles. The molecule has 1 aromatic heterocycles. The van der Waals surface area contributed by atoms with Crippen molar-refractivity contribution in [3.05, 3.63) is 39.8 Å². The third-order valence-electron chi connectivity index (χ3n) is 3.08. The first-order valence-electron chi connectivity index (χ1n) is 6.89. The molecule has 130 valence electrons. The molecule has 0 bridgehead atoms. The van der Waals surface area contributed by atoms with Crippen LogP contribution in [0.15, 0.2) is 34.7 Å². The third-order valence-corrected chi connectivity index (χ3v) is 6.17. The van der Waals surface area contributed by atoms with Gasteiger partial charge in [-0.05, 0) is 18.1 Å². The number of sulfonamides is 1. The zero-order valence-corrected chi connectivity index (χ0v) is 15.9. The highest BCUT2D eigenvalue weighted by molar-refractivity contribution is 7.89. The number of aromatic nitrogens is 1. The van der Waals surface area contributed by atoms with Gasteiger partial charge < -0.3 is 5.32 Å². The van der Waals surface area contributed by atoms with Gasteiger partial charge in [0.15, 0.2) is 5.13 Å². The summed E-state index contributed by atoms with van der Waals surface area (Å²) in [5.41, 5.74) is 0. The lowest BCUT2D eigenvalue weighted by atomic mass is 10.1. The highest BCUT2D eigenvalue weighted by Crippen LogP contribution is 2.29. The van der Waals surface area contributed by atoms with E-state index in [9.17, 15) is 13.2 Å². The van der Waals surface area contributed by atoms with Crippen LogP contribution in [0.5, 0.6) is 0 Å². The highest BCUT2D eigenvalue weighted by Gasteiger charge is 2.31. The van der Waals surface area contributed by atoms with Gasteiger partial charge in [0.1, 0.15) is 10.9 Å². The van der Waals surface area contributed by atoms with Crippen LogP contribution in [0.1, 0.15) is 13.8 Å². The number of benzene rings is 1. The molecule has 2 N–H and O–H groups in total. The molecule has 1 unspecified atom stereocenters. The van der Waals surface area contributed by atoms with Crippen LogP contribution in [0.4, 0.5) is 5.13 Å². The number of amides is 1. The van der Waals surface area contributed by atoms with Gasteiger partial charge in [-0.3, -0.25) is 4.79 Å². The smallest absolute Gasteiger partial charge is 0.244 e. The van der Waals surface area contributed by atoms with Gasteiger partial charge in [-0.15, -0.1) is 11.3 Å². The van der Waals surface area contributed by atoms with Crippen LogP contribution in [0.3, 0.4) is 0 Å². The zero-order valence-electron chi connectivity index (χ0n) is 12.8. The monoisotopic (exact) mass is 407 g/mol. The number of nitrogens with zero attached hydrogens (tertiary/aromatic N) is 1. The molecular formula is C14H15Cl2N3O3S2. The largest absolute Gasteiger partial charge is 0.301 e. The Kier molecular flexibility index (Phi) is 6.22. The second kappa shape index (κ2) is 7.79. The lowest BCUT2D eigenvalue weighted by Gasteiger charge is -2.21. The van der Waals surface area contributed by atoms with Crippen LogP contribution >= 0.6 is 34.5 Å². The van der Waals surface area contributed by atoms with Gasteiger partial charge in [-0.1, -0.05) is 43.1 Å². The number of anilines is 1. The van der Waals surface area contributed by atoms with Crippen molar-refractivity contribution in [2.45, 2.75) is 24.8 Å². The normalized spacial score (nSPS) is 13.0. The average molecular weight is 408 g/mol. The van der Waals surface area contributed by atoms with Crippen LogP contribution in [-0.2, 0) is 14.8 Å². The molecule has 2 rings (SSSR count). The number of hydrogen-bond donors (Lipinski definition) is 2. The molecule has 24 heavy (non-hydrogen) atoms. The van der Waals surface area contributed by atoms with E-state index in [1.807, 2.05) is 0 Å². The Balaban J connectivity index is 2.28. The predicted octanol–water partition coefficient (Wildman–Crippen LogP) is 3.39. The number of carbonyl (C=O) groups is 1. The Morgan fingerprint density at radius 1 is 1.25 bits per heavy atom. The molecule has 1 heterocycles. The quantitative estimate of drug-likeness (QED) is 0.767. The molecule has 0 radical (unpaired) electrons. The fourth-order valence-electron chi connectivity index (χ4n) is 1.93. The molecule has 0 saturated heterocycles. The molecule has 0 spiro atoms. The van der Waals surface area contributed by atoms with Crippen molar-refractivity contribution in [1.82, 2.24) is 9.71 Å². The Morgan fingerprint density at radius 3 is 2.38 bits per heavy atom. The van der Waals surface area contributed by atoms with Crippen molar-refractivity contribution in [2.75, 3.05) is 5.32 Å². The van der Waals surface area contributed by atoms with E-state index in [2.05, 4.69) is 15.0 Å². The molecule has 6 nitrogen and oxygen atoms in total. The Labute approximate surface area is 154 Å². The summed E-state index contributed by atoms with van der Waals surface area (Å²) in [6.45, 7) is 3.45. The van der Waals surface area contributed by atoms with Gasteiger partial charge in [0.05, 0.1) is 10.0 Å². The van der Waals surface area contributed by atoms with Crippen molar-refractivity contribution in [3.8, 4) is 0 Å². The second-order valence-electron chi connectivity index (χ2n) is 5.22. The van der Waals surface area contributed by atoms with Crippen LogP contribution in [0.2, 0.25) is 10.0 Å². The van der Waals surface area contributed by atoms with Crippen LogP contribution in [0, 0.1) is 5.92 Å². The third kappa shape index (κ3) is 4.46. The van der Waals surface area contributed by atoms with Gasteiger partial charge in [0.2, 0.25) is 15.9 Å². The number of thiazole rings is 1. The predicted molar refractivity (Wildman–Crippen MR) is 96.2 cm³/mol. The van der Waals surface area contributed by atoms with Gasteiger partial charge >= 0.3 is 0 Å². The Morgan fingerprint density at radius 2 is 1.88 bits per heavy atom. The summed E-state index contributed by atoms with van der Waals surface area (Å²) in [7, 11) is -4.08. The standard InChI is InChI=1S/C14H15Cl2N3O3S2/c1-8(2)11(13(20)18-14-17-6-7-23-14)19-24(21,22)12-9(15)4-3-5-10(12)16/h3-8,11,19H,1-2H3,(H,17,18,20). The van der Waals surface area contributed by atoms with Gasteiger partial charge in [0.25, 0.3) is 0 Å². The minimum absolute atomic E-state index is 0.0159. The van der Waals surface area contributed by atoms with E-state index >= 15 is 0 Å². The van der Waals surface area contributed by atoms with E-state index in [1.165, 1.54) is 23.5 Å². The van der Waals surface area contributed by atoms with Gasteiger partial charge in [0, 0.05) is 11.6 Å². The lowest BCUT2D eigenvalue weighted by Crippen LogP contribution is -2.47. The minimum atomic E-state index is -4.08. The Bertz CT molecular complexity index is 804. The number of rotatable bonds is 6. The molecule has 0 aliphatic heterocycles. The van der Waals surface area contributed by atoms with Crippen LogP contribution in [-0.4, -0.2) is 25.4 Å². The lowest BCUT2D eigenvalue weighted by molar-refractivity contribution is -0.118. The first kappa shape index (κ1) is 19.1. The molecule has 0 fully saturated rings. The summed E-state index contributed by atoms with van der Waals surface area (Å²) >= 11 is 13.2. The molecule has 1 atom stereocenters. The van der Waals surface area contributed by atoms with Crippen molar-refractivity contribution in [2.24, 2.45) is 5.92 Å². The van der Waals surface area contributed by atoms with Crippen LogP contribution in [0.25, 0.3) is 0 Å². The molecule has 10 heteroatoms. The number of halogens is 2. The summed E-state index contributed by atoms with van der Waals surface area (Å²) in [5.74, 6) is -0.812. The molecule has 1 aromatic carbocycles. The van der Waals surface area contributed by atoms with Gasteiger partial charge in [-0.2, -0.15) is 4.72 Å². The van der Waals surface area contributed by atoms with E-state index in [0.29, 0.717) is 5.13 Å². The van der Waals surface area contributed by atoms with E-state index < -0.39 is 22.0 Å². The van der Waals surface area contributed by atoms with E-state index in [-0.39, 0.29) is 20.9 Å². The van der Waals surface area contributed by atoms with E-state index in [0.717, 1.165) is 0 Å². The van der Waals surface area contributed by atoms with Crippen molar-refractivity contribution in [1.29, 1.82) is 0 Å². The summed E-state index contributed by atoms with van der Waals surface area (Å²) in [4.78, 5) is 16.1. The summed E-state index contributed by atoms with van der Waals surface area (Å²) in [6.07, 6.45) is 1.54.